The highest BCUT2D eigenvalue weighted by molar-refractivity contribution is 7.13. The lowest BCUT2D eigenvalue weighted by Crippen LogP contribution is -2.18. The van der Waals surface area contributed by atoms with E-state index in [1.54, 1.807) is 23.7 Å². The largest absolute Gasteiger partial charge is 0.381 e. The van der Waals surface area contributed by atoms with E-state index in [0.717, 1.165) is 12.8 Å². The minimum absolute atomic E-state index is 0.00509. The van der Waals surface area contributed by atoms with Gasteiger partial charge in [-0.1, -0.05) is 6.08 Å². The topological polar surface area (TPSA) is 94.4 Å². The summed E-state index contributed by atoms with van der Waals surface area (Å²) in [6.45, 7) is 1.34. The number of aromatic nitrogens is 1. The van der Waals surface area contributed by atoms with Crippen LogP contribution in [0.1, 0.15) is 18.4 Å². The third-order valence-electron chi connectivity index (χ3n) is 3.95. The van der Waals surface area contributed by atoms with Crippen molar-refractivity contribution in [2.75, 3.05) is 18.5 Å². The van der Waals surface area contributed by atoms with Gasteiger partial charge in [0.05, 0.1) is 4.92 Å². The maximum Gasteiger partial charge on any atom is 0.269 e. The number of thiazole rings is 1. The monoisotopic (exact) mass is 359 g/mol. The molecule has 1 aromatic heterocycles. The molecule has 2 aromatic rings. The normalized spacial score (nSPS) is 15.8. The maximum atomic E-state index is 12.7. The van der Waals surface area contributed by atoms with Crippen LogP contribution in [0.5, 0.6) is 0 Å². The first-order valence-corrected chi connectivity index (χ1v) is 8.76. The molecular weight excluding hydrogens is 342 g/mol. The van der Waals surface area contributed by atoms with Crippen molar-refractivity contribution in [1.29, 1.82) is 0 Å². The van der Waals surface area contributed by atoms with E-state index in [1.807, 2.05) is 6.08 Å². The Morgan fingerprint density at radius 3 is 2.64 bits per heavy atom. The summed E-state index contributed by atoms with van der Waals surface area (Å²) in [5.41, 5.74) is 1.14. The number of hydrogen-bond acceptors (Lipinski definition) is 6. The van der Waals surface area contributed by atoms with Crippen LogP contribution in [0.2, 0.25) is 0 Å². The Morgan fingerprint density at radius 2 is 2.04 bits per heavy atom. The second-order valence-electron chi connectivity index (χ2n) is 5.63. The molecule has 0 unspecified atom stereocenters. The van der Waals surface area contributed by atoms with Crippen LogP contribution in [0.3, 0.4) is 0 Å². The van der Waals surface area contributed by atoms with Crippen molar-refractivity contribution in [1.82, 2.24) is 4.98 Å². The van der Waals surface area contributed by atoms with Gasteiger partial charge in [-0.15, -0.1) is 11.3 Å². The van der Waals surface area contributed by atoms with Gasteiger partial charge < -0.3 is 4.74 Å². The number of ether oxygens (including phenoxy) is 1. The standard InChI is InChI=1S/C17H17N3O4S/c21-16(19-17-18-7-10-25-17)15(11-12-5-8-24-9-6-12)13-1-3-14(4-2-13)20(22)23/h1-4,7,10-12H,5-6,8-9H2,(H,18,19,21). The van der Waals surface area contributed by atoms with Crippen molar-refractivity contribution >= 4 is 33.6 Å². The Bertz CT molecular complexity index is 766. The van der Waals surface area contributed by atoms with Gasteiger partial charge in [-0.25, -0.2) is 4.98 Å². The summed E-state index contributed by atoms with van der Waals surface area (Å²) in [7, 11) is 0. The molecule has 0 bridgehead atoms. The van der Waals surface area contributed by atoms with Crippen LogP contribution in [0.4, 0.5) is 10.8 Å². The molecule has 0 spiro atoms. The van der Waals surface area contributed by atoms with Crippen LogP contribution in [-0.2, 0) is 9.53 Å². The van der Waals surface area contributed by atoms with E-state index >= 15 is 0 Å². The maximum absolute atomic E-state index is 12.7. The average Bonchev–Trinajstić information content (AvgIpc) is 3.13. The first-order chi connectivity index (χ1) is 12.1. The summed E-state index contributed by atoms with van der Waals surface area (Å²) in [6.07, 6.45) is 5.25. The van der Waals surface area contributed by atoms with Gasteiger partial charge in [0.15, 0.2) is 5.13 Å². The van der Waals surface area contributed by atoms with Crippen molar-refractivity contribution in [2.45, 2.75) is 12.8 Å². The summed E-state index contributed by atoms with van der Waals surface area (Å²) in [6, 6.07) is 6.02. The molecule has 1 amide bonds. The fourth-order valence-corrected chi connectivity index (χ4v) is 3.16. The Kier molecular flexibility index (Phi) is 5.52. The summed E-state index contributed by atoms with van der Waals surface area (Å²) >= 11 is 1.34. The van der Waals surface area contributed by atoms with Gasteiger partial charge in [0.1, 0.15) is 0 Å². The average molecular weight is 359 g/mol. The smallest absolute Gasteiger partial charge is 0.269 e. The molecule has 0 saturated carbocycles. The number of carbonyl (C=O) groups is 1. The van der Waals surface area contributed by atoms with Crippen molar-refractivity contribution in [3.05, 3.63) is 57.6 Å². The van der Waals surface area contributed by atoms with Gasteiger partial charge >= 0.3 is 0 Å². The predicted molar refractivity (Wildman–Crippen MR) is 95.4 cm³/mol. The number of anilines is 1. The number of hydrogen-bond donors (Lipinski definition) is 1. The van der Waals surface area contributed by atoms with E-state index in [-0.39, 0.29) is 17.5 Å². The third-order valence-corrected chi connectivity index (χ3v) is 4.64. The molecule has 1 saturated heterocycles. The minimum atomic E-state index is -0.457. The van der Waals surface area contributed by atoms with Crippen LogP contribution in [0.15, 0.2) is 41.9 Å². The molecule has 0 atom stereocenters. The van der Waals surface area contributed by atoms with E-state index in [4.69, 9.17) is 4.74 Å². The number of nitro benzene ring substituents is 1. The highest BCUT2D eigenvalue weighted by Crippen LogP contribution is 2.26. The number of allylic oxidation sites excluding steroid dienone is 1. The number of non-ortho nitro benzene ring substituents is 1. The SMILES string of the molecule is O=C(Nc1nccs1)C(=CC1CCOCC1)c1ccc([N+](=O)[O-])cc1. The zero-order chi connectivity index (χ0) is 17.6. The van der Waals surface area contributed by atoms with Crippen molar-refractivity contribution in [3.63, 3.8) is 0 Å². The van der Waals surface area contributed by atoms with Crippen molar-refractivity contribution < 1.29 is 14.5 Å². The number of amides is 1. The Balaban J connectivity index is 1.88. The summed E-state index contributed by atoms with van der Waals surface area (Å²) < 4.78 is 5.36. The first-order valence-electron chi connectivity index (χ1n) is 7.89. The summed E-state index contributed by atoms with van der Waals surface area (Å²) in [5.74, 6) is -0.0312. The lowest BCUT2D eigenvalue weighted by atomic mass is 9.94. The van der Waals surface area contributed by atoms with E-state index in [1.165, 1.54) is 23.5 Å². The quantitative estimate of drug-likeness (QED) is 0.501. The molecule has 0 radical (unpaired) electrons. The Labute approximate surface area is 148 Å². The molecule has 1 fully saturated rings. The Hall–Kier alpha value is -2.58. The Morgan fingerprint density at radius 1 is 1.32 bits per heavy atom. The zero-order valence-corrected chi connectivity index (χ0v) is 14.2. The van der Waals surface area contributed by atoms with Crippen molar-refractivity contribution in [3.8, 4) is 0 Å². The molecule has 3 rings (SSSR count). The van der Waals surface area contributed by atoms with E-state index in [9.17, 15) is 14.9 Å². The zero-order valence-electron chi connectivity index (χ0n) is 13.4. The van der Waals surface area contributed by atoms with Crippen LogP contribution in [-0.4, -0.2) is 29.0 Å². The number of benzene rings is 1. The second-order valence-corrected chi connectivity index (χ2v) is 6.52. The van der Waals surface area contributed by atoms with Gasteiger partial charge in [0.2, 0.25) is 0 Å². The second kappa shape index (κ2) is 8.00. The highest BCUT2D eigenvalue weighted by atomic mass is 32.1. The molecule has 1 aliphatic rings. The van der Waals surface area contributed by atoms with Crippen LogP contribution in [0.25, 0.3) is 5.57 Å². The first kappa shape index (κ1) is 17.2. The number of rotatable bonds is 5. The number of nitrogens with one attached hydrogen (secondary N) is 1. The third kappa shape index (κ3) is 4.49. The number of nitro groups is 1. The van der Waals surface area contributed by atoms with Gasteiger partial charge in [-0.3, -0.25) is 20.2 Å². The molecule has 1 aromatic carbocycles. The molecule has 8 heteroatoms. The van der Waals surface area contributed by atoms with E-state index in [0.29, 0.717) is 29.5 Å². The van der Waals surface area contributed by atoms with Gasteiger partial charge in [-0.05, 0) is 36.5 Å². The van der Waals surface area contributed by atoms with Gasteiger partial charge in [0, 0.05) is 42.5 Å². The fraction of sp³-hybridized carbons (Fsp3) is 0.294. The minimum Gasteiger partial charge on any atom is -0.381 e. The van der Waals surface area contributed by atoms with Crippen LogP contribution in [0, 0.1) is 16.0 Å². The molecule has 25 heavy (non-hydrogen) atoms. The van der Waals surface area contributed by atoms with Crippen LogP contribution < -0.4 is 5.32 Å². The lowest BCUT2D eigenvalue weighted by molar-refractivity contribution is -0.384. The van der Waals surface area contributed by atoms with E-state index < -0.39 is 4.92 Å². The van der Waals surface area contributed by atoms with E-state index in [2.05, 4.69) is 10.3 Å². The molecule has 0 aliphatic carbocycles. The fourth-order valence-electron chi connectivity index (χ4n) is 2.63. The molecule has 7 nitrogen and oxygen atoms in total. The highest BCUT2D eigenvalue weighted by Gasteiger charge is 2.19. The molecular formula is C17H17N3O4S. The van der Waals surface area contributed by atoms with Crippen LogP contribution >= 0.6 is 11.3 Å². The molecule has 1 aliphatic heterocycles. The summed E-state index contributed by atoms with van der Waals surface area (Å²) in [5, 5.41) is 15.9. The number of nitrogens with zero attached hydrogens (tertiary/aromatic N) is 2. The van der Waals surface area contributed by atoms with Gasteiger partial charge in [-0.2, -0.15) is 0 Å². The van der Waals surface area contributed by atoms with Gasteiger partial charge in [0.25, 0.3) is 11.6 Å². The molecule has 130 valence electrons. The molecule has 1 N–H and O–H groups in total. The predicted octanol–water partition coefficient (Wildman–Crippen LogP) is 3.50. The molecule has 2 heterocycles. The summed E-state index contributed by atoms with van der Waals surface area (Å²) in [4.78, 5) is 27.2. The van der Waals surface area contributed by atoms with Crippen molar-refractivity contribution in [2.24, 2.45) is 5.92 Å². The number of carbonyl (C=O) groups excluding carboxylic acids is 1. The lowest BCUT2D eigenvalue weighted by Gasteiger charge is -2.20.